The molecule has 1 saturated heterocycles. The minimum atomic E-state index is -0.664. The second-order valence-electron chi connectivity index (χ2n) is 6.97. The van der Waals surface area contributed by atoms with Crippen LogP contribution in [0.2, 0.25) is 0 Å². The molecule has 1 aliphatic heterocycles. The van der Waals surface area contributed by atoms with Gasteiger partial charge in [0.25, 0.3) is 0 Å². The lowest BCUT2D eigenvalue weighted by Crippen LogP contribution is -2.46. The van der Waals surface area contributed by atoms with Crippen LogP contribution in [0.4, 0.5) is 26.2 Å². The molecule has 7 heteroatoms. The van der Waals surface area contributed by atoms with Crippen molar-refractivity contribution < 1.29 is 8.78 Å². The van der Waals surface area contributed by atoms with Gasteiger partial charge >= 0.3 is 0 Å². The van der Waals surface area contributed by atoms with Crippen molar-refractivity contribution in [2.24, 2.45) is 0 Å². The fraction of sp³-hybridized carbons (Fsp3) is 0.273. The fourth-order valence-electron chi connectivity index (χ4n) is 3.39. The van der Waals surface area contributed by atoms with Gasteiger partial charge in [0.05, 0.1) is 11.4 Å². The third kappa shape index (κ3) is 4.51. The average Bonchev–Trinajstić information content (AvgIpc) is 2.76. The van der Waals surface area contributed by atoms with E-state index in [0.717, 1.165) is 50.0 Å². The second kappa shape index (κ2) is 8.53. The van der Waals surface area contributed by atoms with Crippen molar-refractivity contribution in [2.75, 3.05) is 42.9 Å². The van der Waals surface area contributed by atoms with Crippen molar-refractivity contribution in [3.05, 3.63) is 66.2 Å². The van der Waals surface area contributed by atoms with Gasteiger partial charge in [0.2, 0.25) is 5.95 Å². The fourth-order valence-corrected chi connectivity index (χ4v) is 3.39. The van der Waals surface area contributed by atoms with Crippen molar-refractivity contribution >= 4 is 17.5 Å². The van der Waals surface area contributed by atoms with Gasteiger partial charge in [0.1, 0.15) is 17.5 Å². The normalized spacial score (nSPS) is 14.8. The van der Waals surface area contributed by atoms with E-state index < -0.39 is 11.6 Å². The summed E-state index contributed by atoms with van der Waals surface area (Å²) in [5, 5.41) is 2.98. The van der Waals surface area contributed by atoms with E-state index in [1.54, 1.807) is 6.07 Å². The van der Waals surface area contributed by atoms with Gasteiger partial charge in [0.15, 0.2) is 0 Å². The number of aromatic nitrogens is 2. The van der Waals surface area contributed by atoms with Crippen molar-refractivity contribution in [1.82, 2.24) is 14.9 Å². The monoisotopic (exact) mass is 395 g/mol. The van der Waals surface area contributed by atoms with Crippen LogP contribution >= 0.6 is 0 Å². The van der Waals surface area contributed by atoms with Gasteiger partial charge in [0, 0.05) is 43.9 Å². The number of piperazine rings is 1. The maximum Gasteiger partial charge on any atom is 0.227 e. The number of hydrogen-bond acceptors (Lipinski definition) is 5. The number of nitrogens with zero attached hydrogens (tertiary/aromatic N) is 4. The highest BCUT2D eigenvalue weighted by Gasteiger charge is 2.19. The van der Waals surface area contributed by atoms with Gasteiger partial charge in [-0.3, -0.25) is 0 Å². The van der Waals surface area contributed by atoms with E-state index in [-0.39, 0.29) is 5.69 Å². The number of benzene rings is 2. The number of nitrogens with one attached hydrogen (secondary N) is 1. The minimum absolute atomic E-state index is 0.172. The Kier molecular flexibility index (Phi) is 5.67. The molecule has 0 amide bonds. The molecule has 0 atom stereocenters. The molecule has 0 bridgehead atoms. The van der Waals surface area contributed by atoms with E-state index in [1.807, 2.05) is 30.3 Å². The highest BCUT2D eigenvalue weighted by atomic mass is 19.1. The number of hydrogen-bond donors (Lipinski definition) is 1. The topological polar surface area (TPSA) is 44.3 Å². The van der Waals surface area contributed by atoms with Crippen LogP contribution < -0.4 is 10.2 Å². The van der Waals surface area contributed by atoms with E-state index in [0.29, 0.717) is 11.8 Å². The average molecular weight is 395 g/mol. The summed E-state index contributed by atoms with van der Waals surface area (Å²) in [6.07, 6.45) is 0. The van der Waals surface area contributed by atoms with Crippen LogP contribution in [-0.4, -0.2) is 47.6 Å². The van der Waals surface area contributed by atoms with Gasteiger partial charge in [-0.2, -0.15) is 4.98 Å². The van der Waals surface area contributed by atoms with Gasteiger partial charge in [-0.05, 0) is 18.7 Å². The number of halogens is 2. The Morgan fingerprint density at radius 2 is 1.69 bits per heavy atom. The lowest BCUT2D eigenvalue weighted by Gasteiger charge is -2.34. The zero-order chi connectivity index (χ0) is 20.2. The molecule has 29 heavy (non-hydrogen) atoms. The highest BCUT2D eigenvalue weighted by molar-refractivity contribution is 5.67. The second-order valence-corrected chi connectivity index (χ2v) is 6.97. The van der Waals surface area contributed by atoms with Crippen molar-refractivity contribution in [2.45, 2.75) is 6.92 Å². The predicted octanol–water partition coefficient (Wildman–Crippen LogP) is 4.31. The summed E-state index contributed by atoms with van der Waals surface area (Å²) in [6, 6.07) is 15.0. The van der Waals surface area contributed by atoms with Crippen LogP contribution in [0.5, 0.6) is 0 Å². The Bertz CT molecular complexity index is 972. The first kappa shape index (κ1) is 19.3. The zero-order valence-electron chi connectivity index (χ0n) is 16.3. The lowest BCUT2D eigenvalue weighted by atomic mass is 10.1. The molecule has 3 aromatic rings. The molecule has 2 aromatic carbocycles. The summed E-state index contributed by atoms with van der Waals surface area (Å²) in [7, 11) is 0. The summed E-state index contributed by atoms with van der Waals surface area (Å²) >= 11 is 0. The van der Waals surface area contributed by atoms with E-state index in [1.165, 1.54) is 12.1 Å². The standard InChI is InChI=1S/C22H23F2N5/c1-2-28-10-12-29(13-11-28)22-26-20(16-6-4-3-5-7-16)15-21(27-22)25-19-9-8-17(23)14-18(19)24/h3-9,14-15H,2,10-13H2,1H3,(H,25,26,27). The largest absolute Gasteiger partial charge is 0.338 e. The number of anilines is 3. The molecule has 0 saturated carbocycles. The maximum absolute atomic E-state index is 14.1. The molecule has 5 nitrogen and oxygen atoms in total. The van der Waals surface area contributed by atoms with E-state index in [2.05, 4.69) is 27.0 Å². The van der Waals surface area contributed by atoms with Crippen LogP contribution in [0.25, 0.3) is 11.3 Å². The molecule has 4 rings (SSSR count). The Labute approximate surface area is 169 Å². The molecule has 0 spiro atoms. The van der Waals surface area contributed by atoms with Gasteiger partial charge in [-0.15, -0.1) is 0 Å². The van der Waals surface area contributed by atoms with E-state index in [4.69, 9.17) is 4.98 Å². The number of likely N-dealkylation sites (N-methyl/N-ethyl adjacent to an activating group) is 1. The summed E-state index contributed by atoms with van der Waals surface area (Å²) in [5.41, 5.74) is 1.87. The van der Waals surface area contributed by atoms with Gasteiger partial charge in [-0.1, -0.05) is 37.3 Å². The molecule has 1 aromatic heterocycles. The van der Waals surface area contributed by atoms with Gasteiger partial charge < -0.3 is 15.1 Å². The molecule has 150 valence electrons. The third-order valence-electron chi connectivity index (χ3n) is 5.08. The Hall–Kier alpha value is -3.06. The lowest BCUT2D eigenvalue weighted by molar-refractivity contribution is 0.270. The number of rotatable bonds is 5. The molecular weight excluding hydrogens is 372 g/mol. The SMILES string of the molecule is CCN1CCN(c2nc(Nc3ccc(F)cc3F)cc(-c3ccccc3)n2)CC1. The molecule has 0 unspecified atom stereocenters. The van der Waals surface area contributed by atoms with Crippen LogP contribution in [0.1, 0.15) is 6.92 Å². The Morgan fingerprint density at radius 3 is 2.38 bits per heavy atom. The van der Waals surface area contributed by atoms with Crippen LogP contribution in [-0.2, 0) is 0 Å². The smallest absolute Gasteiger partial charge is 0.227 e. The molecule has 1 aliphatic rings. The highest BCUT2D eigenvalue weighted by Crippen LogP contribution is 2.26. The van der Waals surface area contributed by atoms with Crippen LogP contribution in [0, 0.1) is 11.6 Å². The summed E-state index contributed by atoms with van der Waals surface area (Å²) in [4.78, 5) is 13.9. The Morgan fingerprint density at radius 1 is 0.931 bits per heavy atom. The molecule has 1 N–H and O–H groups in total. The van der Waals surface area contributed by atoms with Crippen molar-refractivity contribution in [3.8, 4) is 11.3 Å². The maximum atomic E-state index is 14.1. The summed E-state index contributed by atoms with van der Waals surface area (Å²) in [5.74, 6) is -0.206. The van der Waals surface area contributed by atoms with Crippen molar-refractivity contribution in [3.63, 3.8) is 0 Å². The molecule has 2 heterocycles. The quantitative estimate of drug-likeness (QED) is 0.698. The first-order chi connectivity index (χ1) is 14.1. The molecule has 0 radical (unpaired) electrons. The zero-order valence-corrected chi connectivity index (χ0v) is 16.3. The molecule has 0 aliphatic carbocycles. The molecule has 1 fully saturated rings. The van der Waals surface area contributed by atoms with Crippen LogP contribution in [0.15, 0.2) is 54.6 Å². The molecular formula is C22H23F2N5. The predicted molar refractivity (Wildman–Crippen MR) is 111 cm³/mol. The first-order valence-corrected chi connectivity index (χ1v) is 9.76. The van der Waals surface area contributed by atoms with Crippen molar-refractivity contribution in [1.29, 1.82) is 0 Å². The Balaban J connectivity index is 1.68. The summed E-state index contributed by atoms with van der Waals surface area (Å²) in [6.45, 7) is 6.74. The third-order valence-corrected chi connectivity index (χ3v) is 5.08. The van der Waals surface area contributed by atoms with Crippen LogP contribution in [0.3, 0.4) is 0 Å². The van der Waals surface area contributed by atoms with E-state index in [9.17, 15) is 8.78 Å². The minimum Gasteiger partial charge on any atom is -0.338 e. The van der Waals surface area contributed by atoms with E-state index >= 15 is 0 Å². The first-order valence-electron chi connectivity index (χ1n) is 9.76. The summed E-state index contributed by atoms with van der Waals surface area (Å²) < 4.78 is 27.4. The van der Waals surface area contributed by atoms with Gasteiger partial charge in [-0.25, -0.2) is 13.8 Å².